The third-order valence-electron chi connectivity index (χ3n) is 4.77. The molecule has 26 heavy (non-hydrogen) atoms. The van der Waals surface area contributed by atoms with E-state index in [-0.39, 0.29) is 12.1 Å². The van der Waals surface area contributed by atoms with Gasteiger partial charge in [-0.15, -0.1) is 0 Å². The summed E-state index contributed by atoms with van der Waals surface area (Å²) in [5, 5.41) is 12.0. The highest BCUT2D eigenvalue weighted by Gasteiger charge is 2.21. The summed E-state index contributed by atoms with van der Waals surface area (Å²) in [6.45, 7) is -0.0282. The quantitative estimate of drug-likeness (QED) is 0.738. The maximum absolute atomic E-state index is 12.4. The lowest BCUT2D eigenvalue weighted by Gasteiger charge is -2.17. The molecule has 0 radical (unpaired) electrons. The molecule has 1 aliphatic carbocycles. The normalized spacial score (nSPS) is 14.3. The fourth-order valence-electron chi connectivity index (χ4n) is 3.30. The maximum Gasteiger partial charge on any atom is 0.308 e. The molecule has 0 bridgehead atoms. The largest absolute Gasteiger partial charge is 0.481 e. The molecule has 2 aromatic rings. The molecular weight excluding hydrogens is 332 g/mol. The molecule has 1 atom stereocenters. The van der Waals surface area contributed by atoms with Crippen molar-refractivity contribution in [3.05, 3.63) is 69.1 Å². The van der Waals surface area contributed by atoms with Crippen molar-refractivity contribution >= 4 is 11.9 Å². The van der Waals surface area contributed by atoms with Gasteiger partial charge in [-0.05, 0) is 49.3 Å². The van der Waals surface area contributed by atoms with Crippen LogP contribution in [-0.2, 0) is 24.1 Å². The predicted octanol–water partition coefficient (Wildman–Crippen LogP) is 1.93. The van der Waals surface area contributed by atoms with Crippen molar-refractivity contribution in [1.29, 1.82) is 0 Å². The van der Waals surface area contributed by atoms with Crippen molar-refractivity contribution in [2.75, 3.05) is 6.54 Å². The summed E-state index contributed by atoms with van der Waals surface area (Å²) in [6, 6.07) is 10.9. The van der Waals surface area contributed by atoms with Gasteiger partial charge in [-0.3, -0.25) is 14.4 Å². The molecule has 1 aromatic carbocycles. The fourth-order valence-corrected chi connectivity index (χ4v) is 3.30. The Morgan fingerprint density at radius 3 is 2.62 bits per heavy atom. The molecule has 6 nitrogen and oxygen atoms in total. The van der Waals surface area contributed by atoms with Crippen LogP contribution in [0.25, 0.3) is 0 Å². The number of hydrogen-bond donors (Lipinski definition) is 3. The van der Waals surface area contributed by atoms with Gasteiger partial charge in [-0.1, -0.05) is 30.3 Å². The number of H-pyrrole nitrogens is 1. The van der Waals surface area contributed by atoms with Gasteiger partial charge >= 0.3 is 5.97 Å². The summed E-state index contributed by atoms with van der Waals surface area (Å²) >= 11 is 0. The van der Waals surface area contributed by atoms with E-state index in [4.69, 9.17) is 0 Å². The fraction of sp³-hybridized carbons (Fsp3) is 0.350. The van der Waals surface area contributed by atoms with Crippen LogP contribution in [0.2, 0.25) is 0 Å². The smallest absolute Gasteiger partial charge is 0.308 e. The van der Waals surface area contributed by atoms with E-state index in [1.165, 1.54) is 0 Å². The van der Waals surface area contributed by atoms with Crippen molar-refractivity contribution < 1.29 is 14.7 Å². The van der Waals surface area contributed by atoms with E-state index in [9.17, 15) is 19.5 Å². The number of hydrogen-bond acceptors (Lipinski definition) is 3. The molecular formula is C20H22N2O4. The summed E-state index contributed by atoms with van der Waals surface area (Å²) in [7, 11) is 0. The lowest BCUT2D eigenvalue weighted by atomic mass is 9.95. The van der Waals surface area contributed by atoms with E-state index in [1.807, 2.05) is 30.3 Å². The number of pyridine rings is 1. The molecule has 3 N–H and O–H groups in total. The predicted molar refractivity (Wildman–Crippen MR) is 97.3 cm³/mol. The molecule has 0 fully saturated rings. The lowest BCUT2D eigenvalue weighted by molar-refractivity contribution is -0.141. The van der Waals surface area contributed by atoms with Gasteiger partial charge in [0.1, 0.15) is 5.56 Å². The van der Waals surface area contributed by atoms with Gasteiger partial charge in [0.05, 0.1) is 5.92 Å². The van der Waals surface area contributed by atoms with Crippen molar-refractivity contribution in [2.45, 2.75) is 32.1 Å². The molecule has 6 heteroatoms. The number of nitrogens with one attached hydrogen (secondary N) is 2. The van der Waals surface area contributed by atoms with Crippen LogP contribution in [0.5, 0.6) is 0 Å². The van der Waals surface area contributed by atoms with Crippen LogP contribution in [0.4, 0.5) is 0 Å². The first kappa shape index (κ1) is 17.9. The molecule has 1 amide bonds. The minimum atomic E-state index is -0.978. The minimum Gasteiger partial charge on any atom is -0.481 e. The number of aromatic amines is 1. The minimum absolute atomic E-state index is 0.0282. The van der Waals surface area contributed by atoms with Gasteiger partial charge < -0.3 is 15.4 Å². The number of fused-ring (bicyclic) bond motifs is 1. The lowest BCUT2D eigenvalue weighted by Crippen LogP contribution is -2.37. The monoisotopic (exact) mass is 354 g/mol. The molecule has 136 valence electrons. The number of carboxylic acid groups (broad SMARTS) is 1. The Labute approximate surface area is 151 Å². The zero-order valence-electron chi connectivity index (χ0n) is 14.5. The van der Waals surface area contributed by atoms with Gasteiger partial charge in [0.2, 0.25) is 0 Å². The first-order valence-electron chi connectivity index (χ1n) is 8.84. The summed E-state index contributed by atoms with van der Waals surface area (Å²) in [4.78, 5) is 38.9. The molecule has 1 aromatic heterocycles. The second kappa shape index (κ2) is 7.99. The molecule has 0 saturated carbocycles. The first-order chi connectivity index (χ1) is 12.5. The highest BCUT2D eigenvalue weighted by Crippen LogP contribution is 2.18. The second-order valence-electron chi connectivity index (χ2n) is 6.66. The number of aliphatic carboxylic acids is 1. The number of benzene rings is 1. The second-order valence-corrected chi connectivity index (χ2v) is 6.66. The highest BCUT2D eigenvalue weighted by atomic mass is 16.4. The van der Waals surface area contributed by atoms with Crippen LogP contribution in [-0.4, -0.2) is 28.5 Å². The number of aromatic nitrogens is 1. The highest BCUT2D eigenvalue weighted by molar-refractivity contribution is 5.94. The van der Waals surface area contributed by atoms with E-state index < -0.39 is 23.4 Å². The van der Waals surface area contributed by atoms with E-state index in [0.717, 1.165) is 42.5 Å². The Balaban J connectivity index is 1.69. The van der Waals surface area contributed by atoms with Crippen molar-refractivity contribution in [2.24, 2.45) is 5.92 Å². The van der Waals surface area contributed by atoms with Gasteiger partial charge in [0, 0.05) is 12.2 Å². The maximum atomic E-state index is 12.4. The summed E-state index contributed by atoms with van der Waals surface area (Å²) in [5.74, 6) is -2.26. The molecule has 0 aliphatic heterocycles. The molecule has 1 unspecified atom stereocenters. The molecule has 1 heterocycles. The molecule has 0 spiro atoms. The van der Waals surface area contributed by atoms with Crippen LogP contribution in [0.3, 0.4) is 0 Å². The number of carboxylic acids is 1. The van der Waals surface area contributed by atoms with Crippen LogP contribution < -0.4 is 10.9 Å². The van der Waals surface area contributed by atoms with Gasteiger partial charge in [0.15, 0.2) is 0 Å². The van der Waals surface area contributed by atoms with E-state index in [1.54, 1.807) is 6.07 Å². The Hall–Kier alpha value is -2.89. The summed E-state index contributed by atoms with van der Waals surface area (Å²) < 4.78 is 0. The van der Waals surface area contributed by atoms with Crippen LogP contribution in [0, 0.1) is 5.92 Å². The Morgan fingerprint density at radius 1 is 1.15 bits per heavy atom. The Morgan fingerprint density at radius 2 is 1.88 bits per heavy atom. The van der Waals surface area contributed by atoms with Gasteiger partial charge in [-0.2, -0.15) is 0 Å². The van der Waals surface area contributed by atoms with Crippen LogP contribution in [0.15, 0.2) is 41.2 Å². The number of rotatable bonds is 6. The summed E-state index contributed by atoms with van der Waals surface area (Å²) in [6.07, 6.45) is 4.06. The zero-order chi connectivity index (χ0) is 18.5. The number of carbonyl (C=O) groups excluding carboxylic acids is 1. The van der Waals surface area contributed by atoms with Crippen molar-refractivity contribution in [3.63, 3.8) is 0 Å². The average Bonchev–Trinajstić information content (AvgIpc) is 2.65. The van der Waals surface area contributed by atoms with Crippen LogP contribution in [0.1, 0.15) is 40.0 Å². The standard InChI is InChI=1S/C20H22N2O4/c23-18(16-11-14-8-4-5-9-17(14)22-19(16)24)21-12-15(20(25)26)10-13-6-2-1-3-7-13/h1-3,6-7,11,15H,4-5,8-10,12H2,(H,21,23)(H,22,24)(H,25,26). The Bertz CT molecular complexity index is 858. The molecule has 3 rings (SSSR count). The van der Waals surface area contributed by atoms with Crippen molar-refractivity contribution in [1.82, 2.24) is 10.3 Å². The van der Waals surface area contributed by atoms with E-state index >= 15 is 0 Å². The summed E-state index contributed by atoms with van der Waals surface area (Å²) in [5.41, 5.74) is 2.43. The number of carbonyl (C=O) groups is 2. The first-order valence-corrected chi connectivity index (χ1v) is 8.84. The topological polar surface area (TPSA) is 99.3 Å². The molecule has 1 aliphatic rings. The molecule has 0 saturated heterocycles. The zero-order valence-corrected chi connectivity index (χ0v) is 14.5. The van der Waals surface area contributed by atoms with E-state index in [0.29, 0.717) is 6.42 Å². The Kier molecular flexibility index (Phi) is 5.51. The number of amides is 1. The third kappa shape index (κ3) is 4.20. The van der Waals surface area contributed by atoms with Crippen LogP contribution >= 0.6 is 0 Å². The number of aryl methyl sites for hydroxylation is 2. The SMILES string of the molecule is O=C(NCC(Cc1ccccc1)C(=O)O)c1cc2c([nH]c1=O)CCCC2. The van der Waals surface area contributed by atoms with Gasteiger partial charge in [0.25, 0.3) is 11.5 Å². The van der Waals surface area contributed by atoms with E-state index in [2.05, 4.69) is 10.3 Å². The van der Waals surface area contributed by atoms with Gasteiger partial charge in [-0.25, -0.2) is 0 Å². The average molecular weight is 354 g/mol. The van der Waals surface area contributed by atoms with Crippen molar-refractivity contribution in [3.8, 4) is 0 Å². The third-order valence-corrected chi connectivity index (χ3v) is 4.77.